The molecule has 156 valence electrons. The van der Waals surface area contributed by atoms with Gasteiger partial charge in [-0.05, 0) is 49.3 Å². The Morgan fingerprint density at radius 1 is 1.20 bits per heavy atom. The summed E-state index contributed by atoms with van der Waals surface area (Å²) in [4.78, 5) is 29.0. The molecule has 1 N–H and O–H groups in total. The van der Waals surface area contributed by atoms with Crippen molar-refractivity contribution in [2.75, 3.05) is 29.6 Å². The zero-order valence-corrected chi connectivity index (χ0v) is 18.1. The smallest absolute Gasteiger partial charge is 0.275 e. The fourth-order valence-electron chi connectivity index (χ4n) is 3.98. The predicted octanol–water partition coefficient (Wildman–Crippen LogP) is 3.99. The van der Waals surface area contributed by atoms with E-state index in [2.05, 4.69) is 22.2 Å². The summed E-state index contributed by atoms with van der Waals surface area (Å²) in [6, 6.07) is 15.2. The van der Waals surface area contributed by atoms with Gasteiger partial charge in [-0.15, -0.1) is 11.8 Å². The van der Waals surface area contributed by atoms with Crippen molar-refractivity contribution in [3.8, 4) is 0 Å². The maximum atomic E-state index is 13.0. The molecule has 4 rings (SSSR count). The lowest BCUT2D eigenvalue weighted by Crippen LogP contribution is -2.38. The largest absolute Gasteiger partial charge is 0.354 e. The van der Waals surface area contributed by atoms with Gasteiger partial charge >= 0.3 is 0 Å². The highest BCUT2D eigenvalue weighted by Crippen LogP contribution is 2.27. The van der Waals surface area contributed by atoms with E-state index in [4.69, 9.17) is 0 Å². The number of benzene rings is 2. The number of rotatable bonds is 5. The number of thioether (sulfide) groups is 1. The number of carbonyl (C=O) groups is 1. The van der Waals surface area contributed by atoms with Crippen molar-refractivity contribution in [3.63, 3.8) is 0 Å². The lowest BCUT2D eigenvalue weighted by Gasteiger charge is -2.32. The number of fused-ring (bicyclic) bond motifs is 1. The first-order valence-electron chi connectivity index (χ1n) is 10.2. The van der Waals surface area contributed by atoms with E-state index >= 15 is 0 Å². The number of carbonyl (C=O) groups excluding carboxylic acids is 1. The third-order valence-corrected chi connectivity index (χ3v) is 6.18. The van der Waals surface area contributed by atoms with Gasteiger partial charge in [0.25, 0.3) is 5.56 Å². The molecule has 1 saturated heterocycles. The second-order valence-electron chi connectivity index (χ2n) is 7.81. The van der Waals surface area contributed by atoms with Gasteiger partial charge < -0.3 is 10.2 Å². The molecule has 0 radical (unpaired) electrons. The molecule has 0 saturated carbocycles. The molecule has 0 spiro atoms. The molecule has 1 aliphatic rings. The van der Waals surface area contributed by atoms with Crippen LogP contribution in [0.25, 0.3) is 10.8 Å². The van der Waals surface area contributed by atoms with Gasteiger partial charge in [0.1, 0.15) is 6.54 Å². The van der Waals surface area contributed by atoms with Crippen LogP contribution in [0.1, 0.15) is 19.8 Å². The lowest BCUT2D eigenvalue weighted by molar-refractivity contribution is -0.117. The van der Waals surface area contributed by atoms with Gasteiger partial charge in [0.2, 0.25) is 5.91 Å². The normalized spacial score (nSPS) is 16.6. The summed E-state index contributed by atoms with van der Waals surface area (Å²) < 4.78 is 1.30. The Bertz CT molecular complexity index is 1130. The van der Waals surface area contributed by atoms with Crippen LogP contribution in [-0.4, -0.2) is 35.0 Å². The van der Waals surface area contributed by atoms with E-state index in [9.17, 15) is 9.59 Å². The quantitative estimate of drug-likeness (QED) is 0.630. The van der Waals surface area contributed by atoms with Gasteiger partial charge in [0.05, 0.1) is 5.39 Å². The summed E-state index contributed by atoms with van der Waals surface area (Å²) >= 11 is 1.61. The molecule has 1 unspecified atom stereocenters. The van der Waals surface area contributed by atoms with Crippen LogP contribution in [0.4, 0.5) is 11.5 Å². The van der Waals surface area contributed by atoms with Crippen LogP contribution in [0.2, 0.25) is 0 Å². The van der Waals surface area contributed by atoms with Crippen LogP contribution in [-0.2, 0) is 11.3 Å². The van der Waals surface area contributed by atoms with Gasteiger partial charge in [0, 0.05) is 29.1 Å². The van der Waals surface area contributed by atoms with Crippen molar-refractivity contribution in [1.29, 1.82) is 0 Å². The molecule has 2 heterocycles. The number of amides is 1. The molecule has 1 fully saturated rings. The van der Waals surface area contributed by atoms with Gasteiger partial charge in [-0.3, -0.25) is 9.59 Å². The van der Waals surface area contributed by atoms with Crippen LogP contribution in [0.5, 0.6) is 0 Å². The van der Waals surface area contributed by atoms with Crippen LogP contribution in [0.15, 0.2) is 58.2 Å². The summed E-state index contributed by atoms with van der Waals surface area (Å²) in [5, 5.41) is 8.96. The number of nitrogens with zero attached hydrogens (tertiary/aromatic N) is 3. The monoisotopic (exact) mass is 422 g/mol. The van der Waals surface area contributed by atoms with Crippen LogP contribution >= 0.6 is 11.8 Å². The third-order valence-electron chi connectivity index (χ3n) is 5.45. The second-order valence-corrected chi connectivity index (χ2v) is 8.69. The first-order chi connectivity index (χ1) is 14.5. The highest BCUT2D eigenvalue weighted by molar-refractivity contribution is 7.98. The fraction of sp³-hybridized carbons (Fsp3) is 0.348. The van der Waals surface area contributed by atoms with Crippen LogP contribution in [0.3, 0.4) is 0 Å². The van der Waals surface area contributed by atoms with E-state index in [1.807, 2.05) is 54.8 Å². The third kappa shape index (κ3) is 4.36. The predicted molar refractivity (Wildman–Crippen MR) is 123 cm³/mol. The maximum absolute atomic E-state index is 13.0. The molecule has 1 amide bonds. The van der Waals surface area contributed by atoms with Crippen LogP contribution < -0.4 is 15.8 Å². The number of hydrogen-bond donors (Lipinski definition) is 1. The van der Waals surface area contributed by atoms with E-state index in [1.54, 1.807) is 11.8 Å². The lowest BCUT2D eigenvalue weighted by atomic mass is 10.00. The summed E-state index contributed by atoms with van der Waals surface area (Å²) in [6.45, 7) is 3.93. The number of nitrogens with one attached hydrogen (secondary N) is 1. The summed E-state index contributed by atoms with van der Waals surface area (Å²) in [5.74, 6) is 1.09. The number of hydrogen-bond acceptors (Lipinski definition) is 5. The molecule has 6 nitrogen and oxygen atoms in total. The number of anilines is 2. The van der Waals surface area contributed by atoms with Crippen molar-refractivity contribution < 1.29 is 4.79 Å². The van der Waals surface area contributed by atoms with Crippen molar-refractivity contribution >= 4 is 39.9 Å². The Kier molecular flexibility index (Phi) is 6.08. The summed E-state index contributed by atoms with van der Waals surface area (Å²) in [6.07, 6.45) is 4.29. The summed E-state index contributed by atoms with van der Waals surface area (Å²) in [5.41, 5.74) is 0.471. The van der Waals surface area contributed by atoms with Crippen molar-refractivity contribution in [2.45, 2.75) is 31.2 Å². The zero-order chi connectivity index (χ0) is 21.1. The Hall–Kier alpha value is -2.80. The van der Waals surface area contributed by atoms with E-state index in [0.717, 1.165) is 35.6 Å². The van der Waals surface area contributed by atoms with Crippen LogP contribution in [0, 0.1) is 5.92 Å². The molecule has 7 heteroatoms. The topological polar surface area (TPSA) is 67.2 Å². The van der Waals surface area contributed by atoms with Gasteiger partial charge in [-0.2, -0.15) is 5.10 Å². The molecule has 0 bridgehead atoms. The van der Waals surface area contributed by atoms with Crippen molar-refractivity contribution in [3.05, 3.63) is 58.9 Å². The van der Waals surface area contributed by atoms with Gasteiger partial charge in [-0.1, -0.05) is 31.2 Å². The highest BCUT2D eigenvalue weighted by Gasteiger charge is 2.22. The van der Waals surface area contributed by atoms with E-state index < -0.39 is 0 Å². The molecule has 1 aliphatic heterocycles. The van der Waals surface area contributed by atoms with Gasteiger partial charge in [0.15, 0.2) is 5.82 Å². The van der Waals surface area contributed by atoms with E-state index in [-0.39, 0.29) is 18.0 Å². The molecular formula is C23H26N4O2S. The minimum absolute atomic E-state index is 0.121. The SMILES string of the molecule is CSc1cccc(NC(=O)Cn2nc(N3CCCC(C)C3)c3ccccc3c2=O)c1. The second kappa shape index (κ2) is 8.92. The van der Waals surface area contributed by atoms with Gasteiger partial charge in [-0.25, -0.2) is 4.68 Å². The fourth-order valence-corrected chi connectivity index (χ4v) is 4.44. The standard InChI is InChI=1S/C23H26N4O2S/c1-16-7-6-12-26(14-16)22-19-10-3-4-11-20(19)23(29)27(25-22)15-21(28)24-17-8-5-9-18(13-17)30-2/h3-5,8-11,13,16H,6-7,12,14-15H2,1-2H3,(H,24,28). The number of aromatic nitrogens is 2. The Morgan fingerprint density at radius 2 is 2.00 bits per heavy atom. The first kappa shape index (κ1) is 20.5. The van der Waals surface area contributed by atoms with Crippen molar-refractivity contribution in [2.24, 2.45) is 5.92 Å². The first-order valence-corrected chi connectivity index (χ1v) is 11.5. The highest BCUT2D eigenvalue weighted by atomic mass is 32.2. The maximum Gasteiger partial charge on any atom is 0.275 e. The minimum Gasteiger partial charge on any atom is -0.354 e. The zero-order valence-electron chi connectivity index (χ0n) is 17.3. The molecule has 1 aromatic heterocycles. The number of piperidine rings is 1. The van der Waals surface area contributed by atoms with E-state index in [0.29, 0.717) is 17.0 Å². The average molecular weight is 423 g/mol. The molecule has 0 aliphatic carbocycles. The van der Waals surface area contributed by atoms with Crippen molar-refractivity contribution in [1.82, 2.24) is 9.78 Å². The molecule has 2 aromatic carbocycles. The molecule has 30 heavy (non-hydrogen) atoms. The summed E-state index contributed by atoms with van der Waals surface area (Å²) in [7, 11) is 0. The Balaban J connectivity index is 1.65. The van der Waals surface area contributed by atoms with E-state index in [1.165, 1.54) is 11.1 Å². The minimum atomic E-state index is -0.268. The molecule has 1 atom stereocenters. The average Bonchev–Trinajstić information content (AvgIpc) is 2.76. The molecular weight excluding hydrogens is 396 g/mol. The Labute approximate surface area is 180 Å². The Morgan fingerprint density at radius 3 is 2.77 bits per heavy atom. The molecule has 3 aromatic rings.